The van der Waals surface area contributed by atoms with E-state index in [-0.39, 0.29) is 11.9 Å². The standard InChI is InChI=1S/C12H13BrFN3/c1-2-5-17-11(7-16-12(17)15)9-4-3-8(13)6-10(9)14/h2-4,6,11H,1,5,7H2,(H2,15,16). The molecule has 5 heteroatoms. The van der Waals surface area contributed by atoms with Crippen molar-refractivity contribution in [2.24, 2.45) is 10.7 Å². The number of nitrogens with zero attached hydrogens (tertiary/aromatic N) is 2. The van der Waals surface area contributed by atoms with Crippen molar-refractivity contribution in [2.75, 3.05) is 13.1 Å². The number of hydrogen-bond donors (Lipinski definition) is 1. The summed E-state index contributed by atoms with van der Waals surface area (Å²) in [5.74, 6) is 0.195. The molecular weight excluding hydrogens is 285 g/mol. The lowest BCUT2D eigenvalue weighted by atomic mass is 10.1. The third-order valence-electron chi connectivity index (χ3n) is 2.74. The highest BCUT2D eigenvalue weighted by molar-refractivity contribution is 9.10. The summed E-state index contributed by atoms with van der Waals surface area (Å²) in [5.41, 5.74) is 6.38. The zero-order chi connectivity index (χ0) is 12.4. The summed E-state index contributed by atoms with van der Waals surface area (Å²) in [6, 6.07) is 4.89. The Labute approximate surface area is 108 Å². The summed E-state index contributed by atoms with van der Waals surface area (Å²) in [5, 5.41) is 0. The lowest BCUT2D eigenvalue weighted by molar-refractivity contribution is 0.369. The summed E-state index contributed by atoms with van der Waals surface area (Å²) < 4.78 is 14.6. The summed E-state index contributed by atoms with van der Waals surface area (Å²) in [7, 11) is 0. The Morgan fingerprint density at radius 3 is 3.06 bits per heavy atom. The van der Waals surface area contributed by atoms with Crippen molar-refractivity contribution in [2.45, 2.75) is 6.04 Å². The molecule has 1 unspecified atom stereocenters. The number of nitrogens with two attached hydrogens (primary N) is 1. The molecule has 0 saturated heterocycles. The molecule has 1 atom stereocenters. The third kappa shape index (κ3) is 2.34. The van der Waals surface area contributed by atoms with Gasteiger partial charge in [0.2, 0.25) is 0 Å². The van der Waals surface area contributed by atoms with Crippen molar-refractivity contribution in [1.29, 1.82) is 0 Å². The molecule has 0 saturated carbocycles. The number of guanidine groups is 1. The Morgan fingerprint density at radius 1 is 1.65 bits per heavy atom. The van der Waals surface area contributed by atoms with Crippen LogP contribution in [0, 0.1) is 5.82 Å². The maximum absolute atomic E-state index is 13.9. The van der Waals surface area contributed by atoms with Crippen molar-refractivity contribution in [3.05, 3.63) is 46.7 Å². The van der Waals surface area contributed by atoms with Crippen molar-refractivity contribution >= 4 is 21.9 Å². The van der Waals surface area contributed by atoms with Gasteiger partial charge in [-0.3, -0.25) is 4.99 Å². The zero-order valence-corrected chi connectivity index (χ0v) is 10.8. The summed E-state index contributed by atoms with van der Waals surface area (Å²) in [6.45, 7) is 4.72. The molecule has 1 aromatic rings. The molecular formula is C12H13BrFN3. The first-order valence-corrected chi connectivity index (χ1v) is 6.05. The van der Waals surface area contributed by atoms with Gasteiger partial charge in [0.15, 0.2) is 5.96 Å². The highest BCUT2D eigenvalue weighted by Gasteiger charge is 2.28. The van der Waals surface area contributed by atoms with Crippen LogP contribution in [0.3, 0.4) is 0 Å². The number of benzene rings is 1. The topological polar surface area (TPSA) is 41.6 Å². The summed E-state index contributed by atoms with van der Waals surface area (Å²) in [4.78, 5) is 6.00. The van der Waals surface area contributed by atoms with E-state index in [4.69, 9.17) is 5.73 Å². The van der Waals surface area contributed by atoms with E-state index in [9.17, 15) is 4.39 Å². The molecule has 2 N–H and O–H groups in total. The predicted molar refractivity (Wildman–Crippen MR) is 70.2 cm³/mol. The fourth-order valence-electron chi connectivity index (χ4n) is 1.93. The van der Waals surface area contributed by atoms with E-state index < -0.39 is 0 Å². The summed E-state index contributed by atoms with van der Waals surface area (Å²) >= 11 is 3.24. The predicted octanol–water partition coefficient (Wildman–Crippen LogP) is 2.45. The van der Waals surface area contributed by atoms with Gasteiger partial charge in [-0.25, -0.2) is 4.39 Å². The molecule has 0 radical (unpaired) electrons. The van der Waals surface area contributed by atoms with Crippen LogP contribution in [0.15, 0.2) is 40.3 Å². The molecule has 1 aliphatic rings. The van der Waals surface area contributed by atoms with Crippen LogP contribution in [0.2, 0.25) is 0 Å². The normalized spacial score (nSPS) is 19.3. The average Bonchev–Trinajstić information content (AvgIpc) is 2.62. The smallest absolute Gasteiger partial charge is 0.192 e. The maximum Gasteiger partial charge on any atom is 0.192 e. The second kappa shape index (κ2) is 4.87. The van der Waals surface area contributed by atoms with E-state index >= 15 is 0 Å². The minimum Gasteiger partial charge on any atom is -0.370 e. The van der Waals surface area contributed by atoms with E-state index in [1.54, 1.807) is 12.1 Å². The Hall–Kier alpha value is -1.36. The molecule has 1 aromatic carbocycles. The molecule has 90 valence electrons. The van der Waals surface area contributed by atoms with Gasteiger partial charge in [0.05, 0.1) is 12.6 Å². The van der Waals surface area contributed by atoms with E-state index in [0.717, 1.165) is 4.47 Å². The fraction of sp³-hybridized carbons (Fsp3) is 0.250. The monoisotopic (exact) mass is 297 g/mol. The Morgan fingerprint density at radius 2 is 2.41 bits per heavy atom. The van der Waals surface area contributed by atoms with Gasteiger partial charge in [-0.05, 0) is 12.1 Å². The van der Waals surface area contributed by atoms with Crippen molar-refractivity contribution < 1.29 is 4.39 Å². The molecule has 1 aliphatic heterocycles. The molecule has 2 rings (SSSR count). The minimum absolute atomic E-state index is 0.138. The van der Waals surface area contributed by atoms with Gasteiger partial charge in [0, 0.05) is 16.6 Å². The van der Waals surface area contributed by atoms with Gasteiger partial charge in [0.25, 0.3) is 0 Å². The van der Waals surface area contributed by atoms with E-state index in [1.165, 1.54) is 6.07 Å². The van der Waals surface area contributed by atoms with Crippen LogP contribution in [0.5, 0.6) is 0 Å². The Kier molecular flexibility index (Phi) is 3.47. The Bertz CT molecular complexity index is 473. The molecule has 0 amide bonds. The van der Waals surface area contributed by atoms with Gasteiger partial charge in [-0.1, -0.05) is 28.1 Å². The maximum atomic E-state index is 13.9. The van der Waals surface area contributed by atoms with Crippen molar-refractivity contribution in [3.63, 3.8) is 0 Å². The van der Waals surface area contributed by atoms with Crippen LogP contribution in [0.4, 0.5) is 4.39 Å². The van der Waals surface area contributed by atoms with Crippen LogP contribution in [-0.4, -0.2) is 23.9 Å². The molecule has 1 heterocycles. The van der Waals surface area contributed by atoms with Crippen LogP contribution in [0.25, 0.3) is 0 Å². The molecule has 17 heavy (non-hydrogen) atoms. The second-order valence-corrected chi connectivity index (χ2v) is 4.74. The SMILES string of the molecule is C=CCN1C(N)=NCC1c1ccc(Br)cc1F. The molecule has 0 fully saturated rings. The lowest BCUT2D eigenvalue weighted by Crippen LogP contribution is -2.36. The fourth-order valence-corrected chi connectivity index (χ4v) is 2.26. The molecule has 0 spiro atoms. The minimum atomic E-state index is -0.247. The number of halogens is 2. The Balaban J connectivity index is 2.31. The number of rotatable bonds is 3. The number of aliphatic imine (C=N–C) groups is 1. The highest BCUT2D eigenvalue weighted by Crippen LogP contribution is 2.28. The van der Waals surface area contributed by atoms with Crippen LogP contribution < -0.4 is 5.73 Å². The molecule has 0 aromatic heterocycles. The third-order valence-corrected chi connectivity index (χ3v) is 3.24. The second-order valence-electron chi connectivity index (χ2n) is 3.82. The first-order valence-electron chi connectivity index (χ1n) is 5.26. The van der Waals surface area contributed by atoms with Gasteiger partial charge < -0.3 is 10.6 Å². The van der Waals surface area contributed by atoms with Crippen LogP contribution in [0.1, 0.15) is 11.6 Å². The first kappa shape index (κ1) is 12.1. The van der Waals surface area contributed by atoms with E-state index in [1.807, 2.05) is 11.0 Å². The van der Waals surface area contributed by atoms with Gasteiger partial charge in [0.1, 0.15) is 5.82 Å². The van der Waals surface area contributed by atoms with Crippen molar-refractivity contribution in [1.82, 2.24) is 4.90 Å². The van der Waals surface area contributed by atoms with E-state index in [2.05, 4.69) is 27.5 Å². The van der Waals surface area contributed by atoms with Crippen LogP contribution in [-0.2, 0) is 0 Å². The number of hydrogen-bond acceptors (Lipinski definition) is 3. The quantitative estimate of drug-likeness (QED) is 0.871. The van der Waals surface area contributed by atoms with Crippen molar-refractivity contribution in [3.8, 4) is 0 Å². The van der Waals surface area contributed by atoms with Gasteiger partial charge in [-0.15, -0.1) is 6.58 Å². The average molecular weight is 298 g/mol. The molecule has 0 aliphatic carbocycles. The van der Waals surface area contributed by atoms with Gasteiger partial charge in [-0.2, -0.15) is 0 Å². The zero-order valence-electron chi connectivity index (χ0n) is 9.24. The highest BCUT2D eigenvalue weighted by atomic mass is 79.9. The lowest BCUT2D eigenvalue weighted by Gasteiger charge is -2.25. The molecule has 0 bridgehead atoms. The van der Waals surface area contributed by atoms with E-state index in [0.29, 0.717) is 24.6 Å². The first-order chi connectivity index (χ1) is 8.13. The van der Waals surface area contributed by atoms with Gasteiger partial charge >= 0.3 is 0 Å². The summed E-state index contributed by atoms with van der Waals surface area (Å²) in [6.07, 6.45) is 1.73. The largest absolute Gasteiger partial charge is 0.370 e. The molecule has 3 nitrogen and oxygen atoms in total. The van der Waals surface area contributed by atoms with Crippen LogP contribution >= 0.6 is 15.9 Å².